The normalized spacial score (nSPS) is 17.2. The van der Waals surface area contributed by atoms with Crippen molar-refractivity contribution in [2.75, 3.05) is 6.54 Å². The third kappa shape index (κ3) is 0.804. The van der Waals surface area contributed by atoms with E-state index >= 15 is 0 Å². The minimum absolute atomic E-state index is 0.421. The molecule has 0 spiro atoms. The van der Waals surface area contributed by atoms with Crippen molar-refractivity contribution in [3.63, 3.8) is 0 Å². The Balaban J connectivity index is 2.57. The molecule has 8 heavy (non-hydrogen) atoms. The van der Waals surface area contributed by atoms with Gasteiger partial charge in [0, 0.05) is 19.2 Å². The Hall–Kier alpha value is -0.990. The van der Waals surface area contributed by atoms with E-state index in [0.717, 1.165) is 0 Å². The van der Waals surface area contributed by atoms with E-state index in [2.05, 4.69) is 5.32 Å². The van der Waals surface area contributed by atoms with Crippen molar-refractivity contribution in [2.45, 2.75) is 6.42 Å². The predicted molar refractivity (Wildman–Crippen MR) is 27.3 cm³/mol. The fourth-order valence-corrected chi connectivity index (χ4v) is 0.586. The molecule has 43 valence electrons. The van der Waals surface area contributed by atoms with Crippen LogP contribution in [0.5, 0.6) is 0 Å². The number of hydrogen-bond donors (Lipinski definition) is 1. The molecular weight excluding hydrogens is 106 g/mol. The van der Waals surface area contributed by atoms with Crippen molar-refractivity contribution < 1.29 is 9.90 Å². The van der Waals surface area contributed by atoms with Crippen molar-refractivity contribution in [2.24, 2.45) is 0 Å². The Morgan fingerprint density at radius 2 is 2.62 bits per heavy atom. The summed E-state index contributed by atoms with van der Waals surface area (Å²) < 4.78 is 0. The lowest BCUT2D eigenvalue weighted by atomic mass is 10.2. The highest BCUT2D eigenvalue weighted by molar-refractivity contribution is 5.86. The number of carbonyl (C=O) groups is 1. The zero-order valence-corrected chi connectivity index (χ0v) is 4.29. The Labute approximate surface area is 47.0 Å². The molecule has 3 heteroatoms. The van der Waals surface area contributed by atoms with Gasteiger partial charge in [0.25, 0.3) is 0 Å². The van der Waals surface area contributed by atoms with Gasteiger partial charge in [-0.1, -0.05) is 0 Å². The molecule has 0 aliphatic carbocycles. The Morgan fingerprint density at radius 3 is 2.88 bits per heavy atom. The van der Waals surface area contributed by atoms with Gasteiger partial charge in [-0.3, -0.25) is 5.32 Å². The average Bonchev–Trinajstić information content (AvgIpc) is 2.12. The SMILES string of the molecule is O=C(O)C1=C[N]CC1. The first-order valence-electron chi connectivity index (χ1n) is 2.39. The number of nitrogens with zero attached hydrogens (tertiary/aromatic N) is 1. The van der Waals surface area contributed by atoms with Gasteiger partial charge in [-0.25, -0.2) is 4.79 Å². The maximum Gasteiger partial charge on any atom is 0.333 e. The van der Waals surface area contributed by atoms with Gasteiger partial charge in [-0.05, 0) is 0 Å². The van der Waals surface area contributed by atoms with E-state index in [4.69, 9.17) is 5.11 Å². The van der Waals surface area contributed by atoms with Gasteiger partial charge in [0.15, 0.2) is 0 Å². The summed E-state index contributed by atoms with van der Waals surface area (Å²) in [5, 5.41) is 12.0. The van der Waals surface area contributed by atoms with Crippen LogP contribution in [0.25, 0.3) is 0 Å². The van der Waals surface area contributed by atoms with Crippen LogP contribution in [0.4, 0.5) is 0 Å². The second-order valence-corrected chi connectivity index (χ2v) is 1.62. The highest BCUT2D eigenvalue weighted by atomic mass is 16.4. The molecule has 0 saturated carbocycles. The monoisotopic (exact) mass is 112 g/mol. The molecule has 0 aromatic rings. The summed E-state index contributed by atoms with van der Waals surface area (Å²) in [5.41, 5.74) is 0.421. The number of carboxylic acids is 1. The number of hydrogen-bond acceptors (Lipinski definition) is 1. The van der Waals surface area contributed by atoms with E-state index in [9.17, 15) is 4.79 Å². The average molecular weight is 112 g/mol. The van der Waals surface area contributed by atoms with Crippen LogP contribution in [0.2, 0.25) is 0 Å². The number of aliphatic carboxylic acids is 1. The molecule has 0 fully saturated rings. The fraction of sp³-hybridized carbons (Fsp3) is 0.400. The molecule has 0 aromatic heterocycles. The summed E-state index contributed by atoms with van der Waals surface area (Å²) in [5.74, 6) is -0.841. The molecule has 1 heterocycles. The highest BCUT2D eigenvalue weighted by Crippen LogP contribution is 2.04. The minimum atomic E-state index is -0.841. The first kappa shape index (κ1) is 5.15. The molecule has 1 aliphatic heterocycles. The van der Waals surface area contributed by atoms with Crippen LogP contribution < -0.4 is 5.32 Å². The van der Waals surface area contributed by atoms with Crippen LogP contribution in [0.15, 0.2) is 11.8 Å². The van der Waals surface area contributed by atoms with E-state index in [-0.39, 0.29) is 0 Å². The first-order chi connectivity index (χ1) is 3.80. The topological polar surface area (TPSA) is 51.4 Å². The van der Waals surface area contributed by atoms with Crippen LogP contribution in [0, 0.1) is 0 Å². The van der Waals surface area contributed by atoms with Gasteiger partial charge in [0.2, 0.25) is 0 Å². The van der Waals surface area contributed by atoms with Crippen LogP contribution in [-0.4, -0.2) is 17.6 Å². The van der Waals surface area contributed by atoms with E-state index in [1.165, 1.54) is 6.20 Å². The van der Waals surface area contributed by atoms with Gasteiger partial charge in [0.1, 0.15) is 0 Å². The van der Waals surface area contributed by atoms with Gasteiger partial charge in [-0.15, -0.1) is 0 Å². The summed E-state index contributed by atoms with van der Waals surface area (Å²) in [6, 6.07) is 0. The maximum atomic E-state index is 10.1. The quantitative estimate of drug-likeness (QED) is 0.517. The molecule has 1 radical (unpaired) electrons. The molecule has 1 aliphatic rings. The lowest BCUT2D eigenvalue weighted by Crippen LogP contribution is -1.96. The zero-order valence-electron chi connectivity index (χ0n) is 4.29. The molecule has 3 nitrogen and oxygen atoms in total. The van der Waals surface area contributed by atoms with Crippen molar-refractivity contribution in [3.8, 4) is 0 Å². The summed E-state index contributed by atoms with van der Waals surface area (Å²) in [4.78, 5) is 10.1. The fourth-order valence-electron chi connectivity index (χ4n) is 0.586. The summed E-state index contributed by atoms with van der Waals surface area (Å²) >= 11 is 0. The van der Waals surface area contributed by atoms with Crippen molar-refractivity contribution in [3.05, 3.63) is 11.8 Å². The molecule has 1 N–H and O–H groups in total. The molecule has 0 amide bonds. The minimum Gasteiger partial charge on any atom is -0.478 e. The van der Waals surface area contributed by atoms with Crippen LogP contribution in [-0.2, 0) is 4.79 Å². The summed E-state index contributed by atoms with van der Waals surface area (Å²) in [6.07, 6.45) is 2.01. The zero-order chi connectivity index (χ0) is 5.98. The predicted octanol–water partition coefficient (Wildman–Crippen LogP) is -0.0370. The molecule has 0 atom stereocenters. The standard InChI is InChI=1S/C5H6NO2/c7-5(8)4-1-2-6-3-4/h3H,1-2H2,(H,7,8). The lowest BCUT2D eigenvalue weighted by molar-refractivity contribution is -0.132. The van der Waals surface area contributed by atoms with Gasteiger partial charge >= 0.3 is 5.97 Å². The number of carboxylic acid groups (broad SMARTS) is 1. The van der Waals surface area contributed by atoms with Crippen LogP contribution in [0.1, 0.15) is 6.42 Å². The molecule has 0 unspecified atom stereocenters. The van der Waals surface area contributed by atoms with Crippen molar-refractivity contribution in [1.29, 1.82) is 0 Å². The summed E-state index contributed by atoms with van der Waals surface area (Å²) in [7, 11) is 0. The van der Waals surface area contributed by atoms with Gasteiger partial charge in [0.05, 0.1) is 5.57 Å². The third-order valence-corrected chi connectivity index (χ3v) is 1.03. The molecule has 1 rings (SSSR count). The third-order valence-electron chi connectivity index (χ3n) is 1.03. The Morgan fingerprint density at radius 1 is 1.88 bits per heavy atom. The molecule has 0 aromatic carbocycles. The lowest BCUT2D eigenvalue weighted by Gasteiger charge is -1.85. The molecular formula is C5H6NO2. The Kier molecular flexibility index (Phi) is 1.20. The second-order valence-electron chi connectivity index (χ2n) is 1.62. The summed E-state index contributed by atoms with van der Waals surface area (Å²) in [6.45, 7) is 0.641. The number of rotatable bonds is 1. The second kappa shape index (κ2) is 1.86. The van der Waals surface area contributed by atoms with E-state index < -0.39 is 5.97 Å². The smallest absolute Gasteiger partial charge is 0.333 e. The van der Waals surface area contributed by atoms with Crippen molar-refractivity contribution in [1.82, 2.24) is 5.32 Å². The molecule has 0 saturated heterocycles. The highest BCUT2D eigenvalue weighted by Gasteiger charge is 2.10. The van der Waals surface area contributed by atoms with E-state index in [1.807, 2.05) is 0 Å². The largest absolute Gasteiger partial charge is 0.478 e. The van der Waals surface area contributed by atoms with E-state index in [1.54, 1.807) is 0 Å². The van der Waals surface area contributed by atoms with E-state index in [0.29, 0.717) is 18.5 Å². The van der Waals surface area contributed by atoms with Crippen molar-refractivity contribution >= 4 is 5.97 Å². The van der Waals surface area contributed by atoms with Gasteiger partial charge in [-0.2, -0.15) is 0 Å². The van der Waals surface area contributed by atoms with Crippen LogP contribution >= 0.6 is 0 Å². The maximum absolute atomic E-state index is 10.1. The first-order valence-corrected chi connectivity index (χ1v) is 2.39. The molecule has 0 bridgehead atoms. The Bertz CT molecular complexity index is 139. The van der Waals surface area contributed by atoms with Gasteiger partial charge < -0.3 is 5.11 Å². The van der Waals surface area contributed by atoms with Crippen LogP contribution in [0.3, 0.4) is 0 Å².